The first-order chi connectivity index (χ1) is 14.7. The number of benzene rings is 2. The Hall–Kier alpha value is -3.88. The number of carbonyl (C=O) groups excluding carboxylic acids is 2. The van der Waals surface area contributed by atoms with Crippen molar-refractivity contribution in [1.29, 1.82) is 0 Å². The van der Waals surface area contributed by atoms with E-state index in [1.165, 1.54) is 12.3 Å². The number of carbonyl (C=O) groups is 2. The summed E-state index contributed by atoms with van der Waals surface area (Å²) in [6, 6.07) is 14.5. The lowest BCUT2D eigenvalue weighted by Crippen LogP contribution is -2.24. The minimum Gasteiger partial charge on any atom is -0.267 e. The van der Waals surface area contributed by atoms with Crippen LogP contribution in [0.5, 0.6) is 0 Å². The quantitative estimate of drug-likeness (QED) is 0.470. The molecule has 0 aliphatic carbocycles. The summed E-state index contributed by atoms with van der Waals surface area (Å²) in [4.78, 5) is 24.5. The Morgan fingerprint density at radius 2 is 1.61 bits per heavy atom. The maximum atomic E-state index is 12.8. The van der Waals surface area contributed by atoms with Gasteiger partial charge in [-0.1, -0.05) is 24.3 Å². The van der Waals surface area contributed by atoms with Crippen molar-refractivity contribution in [3.8, 4) is 0 Å². The van der Waals surface area contributed by atoms with E-state index in [9.17, 15) is 22.8 Å². The van der Waals surface area contributed by atoms with E-state index < -0.39 is 17.6 Å². The fourth-order valence-electron chi connectivity index (χ4n) is 2.91. The van der Waals surface area contributed by atoms with Crippen LogP contribution in [0.2, 0.25) is 0 Å². The van der Waals surface area contributed by atoms with Gasteiger partial charge in [-0.2, -0.15) is 18.3 Å². The predicted molar refractivity (Wildman–Crippen MR) is 111 cm³/mol. The molecule has 1 heterocycles. The Morgan fingerprint density at radius 3 is 2.29 bits per heavy atom. The summed E-state index contributed by atoms with van der Waals surface area (Å²) in [5.41, 5.74) is 6.44. The van der Waals surface area contributed by atoms with Crippen molar-refractivity contribution in [2.24, 2.45) is 5.10 Å². The Balaban J connectivity index is 1.70. The van der Waals surface area contributed by atoms with Crippen LogP contribution in [0.25, 0.3) is 0 Å². The van der Waals surface area contributed by atoms with Crippen LogP contribution in [0.3, 0.4) is 0 Å². The molecule has 0 saturated heterocycles. The topological polar surface area (TPSA) is 75.5 Å². The fourth-order valence-corrected chi connectivity index (χ4v) is 2.91. The molecule has 3 rings (SSSR count). The Morgan fingerprint density at radius 1 is 0.935 bits per heavy atom. The van der Waals surface area contributed by atoms with E-state index >= 15 is 0 Å². The zero-order valence-corrected chi connectivity index (χ0v) is 16.7. The summed E-state index contributed by atoms with van der Waals surface area (Å²) in [7, 11) is 0. The van der Waals surface area contributed by atoms with Crippen molar-refractivity contribution in [1.82, 2.24) is 10.1 Å². The van der Waals surface area contributed by atoms with Gasteiger partial charge in [0.2, 0.25) is 0 Å². The molecule has 0 bridgehead atoms. The van der Waals surface area contributed by atoms with Gasteiger partial charge in [0.25, 0.3) is 11.8 Å². The van der Waals surface area contributed by atoms with Crippen molar-refractivity contribution >= 4 is 18.0 Å². The maximum Gasteiger partial charge on any atom is 0.416 e. The average Bonchev–Trinajstić information content (AvgIpc) is 3.01. The van der Waals surface area contributed by atoms with Crippen LogP contribution in [0.15, 0.2) is 65.8 Å². The number of halogens is 3. The lowest BCUT2D eigenvalue weighted by Gasteiger charge is -2.11. The van der Waals surface area contributed by atoms with Crippen molar-refractivity contribution in [2.45, 2.75) is 20.0 Å². The SMILES string of the molecule is Cc1cc(/C=N\NC(=O)c2cccc(C(F)(F)F)c2)c(C)n1NC(=O)c1ccccc1. The van der Waals surface area contributed by atoms with Crippen molar-refractivity contribution in [3.05, 3.63) is 94.3 Å². The number of hydrogen-bond donors (Lipinski definition) is 2. The molecule has 2 amide bonds. The zero-order chi connectivity index (χ0) is 22.6. The number of aromatic nitrogens is 1. The normalized spacial score (nSPS) is 11.5. The zero-order valence-electron chi connectivity index (χ0n) is 16.7. The number of aryl methyl sites for hydroxylation is 1. The van der Waals surface area contributed by atoms with Crippen LogP contribution in [0.4, 0.5) is 13.2 Å². The molecular formula is C22H19F3N4O2. The summed E-state index contributed by atoms with van der Waals surface area (Å²) in [6.45, 7) is 3.55. The third-order valence-corrected chi connectivity index (χ3v) is 4.54. The first-order valence-electron chi connectivity index (χ1n) is 9.23. The van der Waals surface area contributed by atoms with Gasteiger partial charge in [0, 0.05) is 28.1 Å². The smallest absolute Gasteiger partial charge is 0.267 e. The van der Waals surface area contributed by atoms with Gasteiger partial charge in [0.05, 0.1) is 11.8 Å². The molecule has 6 nitrogen and oxygen atoms in total. The molecule has 0 fully saturated rings. The molecule has 160 valence electrons. The largest absolute Gasteiger partial charge is 0.416 e. The molecule has 1 aromatic heterocycles. The van der Waals surface area contributed by atoms with Crippen LogP contribution < -0.4 is 10.9 Å². The van der Waals surface area contributed by atoms with Gasteiger partial charge >= 0.3 is 6.18 Å². The summed E-state index contributed by atoms with van der Waals surface area (Å²) in [5, 5.41) is 3.83. The maximum absolute atomic E-state index is 12.8. The van der Waals surface area contributed by atoms with E-state index in [1.54, 1.807) is 48.9 Å². The second kappa shape index (κ2) is 8.86. The highest BCUT2D eigenvalue weighted by atomic mass is 19.4. The number of nitrogens with one attached hydrogen (secondary N) is 2. The van der Waals surface area contributed by atoms with E-state index in [4.69, 9.17) is 0 Å². The molecule has 0 atom stereocenters. The molecule has 0 spiro atoms. The molecule has 0 aliphatic rings. The van der Waals surface area contributed by atoms with E-state index in [0.29, 0.717) is 16.8 Å². The van der Waals surface area contributed by atoms with Crippen LogP contribution >= 0.6 is 0 Å². The number of hydrogen-bond acceptors (Lipinski definition) is 3. The van der Waals surface area contributed by atoms with E-state index in [0.717, 1.165) is 23.9 Å². The van der Waals surface area contributed by atoms with Gasteiger partial charge in [-0.05, 0) is 50.2 Å². The van der Waals surface area contributed by atoms with E-state index in [1.807, 2.05) is 6.07 Å². The van der Waals surface area contributed by atoms with Gasteiger partial charge in [0.15, 0.2) is 0 Å². The first kappa shape index (κ1) is 21.8. The lowest BCUT2D eigenvalue weighted by atomic mass is 10.1. The summed E-state index contributed by atoms with van der Waals surface area (Å²) < 4.78 is 40.0. The van der Waals surface area contributed by atoms with Crippen LogP contribution in [0, 0.1) is 13.8 Å². The standard InChI is InChI=1S/C22H19F3N4O2/c1-14-11-18(15(2)29(14)28-21(31)16-7-4-3-5-8-16)13-26-27-20(30)17-9-6-10-19(12-17)22(23,24)25/h3-13H,1-2H3,(H,27,30)(H,28,31)/b26-13-. The minimum atomic E-state index is -4.54. The molecule has 2 aromatic carbocycles. The molecule has 3 aromatic rings. The summed E-state index contributed by atoms with van der Waals surface area (Å²) in [5.74, 6) is -1.06. The van der Waals surface area contributed by atoms with Gasteiger partial charge in [-0.3, -0.25) is 19.7 Å². The monoisotopic (exact) mass is 428 g/mol. The Kier molecular flexibility index (Phi) is 6.24. The van der Waals surface area contributed by atoms with Gasteiger partial charge in [-0.25, -0.2) is 5.43 Å². The second-order valence-corrected chi connectivity index (χ2v) is 6.75. The van der Waals surface area contributed by atoms with Gasteiger partial charge in [0.1, 0.15) is 0 Å². The molecule has 9 heteroatoms. The summed E-state index contributed by atoms with van der Waals surface area (Å²) >= 11 is 0. The van der Waals surface area contributed by atoms with Crippen molar-refractivity contribution in [2.75, 3.05) is 5.43 Å². The number of amides is 2. The van der Waals surface area contributed by atoms with Crippen LogP contribution in [-0.2, 0) is 6.18 Å². The summed E-state index contributed by atoms with van der Waals surface area (Å²) in [6.07, 6.45) is -3.18. The number of rotatable bonds is 5. The second-order valence-electron chi connectivity index (χ2n) is 6.75. The van der Waals surface area contributed by atoms with Gasteiger partial charge in [-0.15, -0.1) is 0 Å². The molecule has 2 N–H and O–H groups in total. The van der Waals surface area contributed by atoms with Gasteiger partial charge < -0.3 is 0 Å². The highest BCUT2D eigenvalue weighted by Gasteiger charge is 2.30. The Bertz CT molecular complexity index is 1140. The number of hydrazone groups is 1. The third kappa shape index (κ3) is 5.19. The molecule has 31 heavy (non-hydrogen) atoms. The highest BCUT2D eigenvalue weighted by molar-refractivity contribution is 6.00. The van der Waals surface area contributed by atoms with Crippen molar-refractivity contribution < 1.29 is 22.8 Å². The molecule has 0 aliphatic heterocycles. The van der Waals surface area contributed by atoms with Crippen LogP contribution in [-0.4, -0.2) is 22.7 Å². The first-order valence-corrected chi connectivity index (χ1v) is 9.23. The third-order valence-electron chi connectivity index (χ3n) is 4.54. The lowest BCUT2D eigenvalue weighted by molar-refractivity contribution is -0.137. The van der Waals surface area contributed by atoms with Crippen LogP contribution in [0.1, 0.15) is 43.2 Å². The molecular weight excluding hydrogens is 409 g/mol. The number of nitrogens with zero attached hydrogens (tertiary/aromatic N) is 2. The molecule has 0 unspecified atom stereocenters. The predicted octanol–water partition coefficient (Wildman–Crippen LogP) is 4.27. The Labute approximate surface area is 176 Å². The number of alkyl halides is 3. The molecule has 0 saturated carbocycles. The van der Waals surface area contributed by atoms with E-state index in [-0.39, 0.29) is 11.5 Å². The van der Waals surface area contributed by atoms with Crippen molar-refractivity contribution in [3.63, 3.8) is 0 Å². The minimum absolute atomic E-state index is 0.160. The fraction of sp³-hybridized carbons (Fsp3) is 0.136. The van der Waals surface area contributed by atoms with E-state index in [2.05, 4.69) is 16.0 Å². The average molecular weight is 428 g/mol. The molecule has 0 radical (unpaired) electrons. The highest BCUT2D eigenvalue weighted by Crippen LogP contribution is 2.29.